The molecule has 0 amide bonds. The number of ether oxygens (including phenoxy) is 5. The minimum absolute atomic E-state index is 0.107. The molecule has 33 heavy (non-hydrogen) atoms. The molecular weight excluding hydrogens is 436 g/mol. The van der Waals surface area contributed by atoms with Crippen molar-refractivity contribution in [2.24, 2.45) is 0 Å². The van der Waals surface area contributed by atoms with Gasteiger partial charge in [-0.15, -0.1) is 0 Å². The molecule has 10 nitrogen and oxygen atoms in total. The summed E-state index contributed by atoms with van der Waals surface area (Å²) in [5, 5.41) is 0. The summed E-state index contributed by atoms with van der Waals surface area (Å²) in [6, 6.07) is 7.60. The lowest BCUT2D eigenvalue weighted by atomic mass is 9.98. The summed E-state index contributed by atoms with van der Waals surface area (Å²) in [5.74, 6) is -0.341. The van der Waals surface area contributed by atoms with Gasteiger partial charge in [0.25, 0.3) is 0 Å². The van der Waals surface area contributed by atoms with Crippen molar-refractivity contribution in [3.63, 3.8) is 0 Å². The molecule has 0 N–H and O–H groups in total. The molecule has 0 fully saturated rings. The number of carbonyl (C=O) groups excluding carboxylic acids is 3. The van der Waals surface area contributed by atoms with E-state index in [0.29, 0.717) is 22.8 Å². The van der Waals surface area contributed by atoms with Crippen LogP contribution in [0.3, 0.4) is 0 Å². The molecule has 0 aliphatic carbocycles. The highest BCUT2D eigenvalue weighted by Crippen LogP contribution is 2.36. The lowest BCUT2D eigenvalue weighted by molar-refractivity contribution is -0.285. The van der Waals surface area contributed by atoms with Crippen LogP contribution < -0.4 is 23.7 Å². The molecule has 10 heteroatoms. The fraction of sp³-hybridized carbons (Fsp3) is 0.348. The molecule has 0 aliphatic heterocycles. The molecule has 0 radical (unpaired) electrons. The van der Waals surface area contributed by atoms with E-state index in [-0.39, 0.29) is 23.5 Å². The molecule has 0 saturated carbocycles. The number of methoxy groups -OCH3 is 4. The molecular formula is C23H26O10. The van der Waals surface area contributed by atoms with E-state index in [4.69, 9.17) is 28.6 Å². The quantitative estimate of drug-likeness (QED) is 0.162. The van der Waals surface area contributed by atoms with Crippen LogP contribution in [0.15, 0.2) is 30.3 Å². The van der Waals surface area contributed by atoms with Gasteiger partial charge >= 0.3 is 11.9 Å². The molecule has 1 unspecified atom stereocenters. The highest BCUT2D eigenvalue weighted by atomic mass is 17.2. The van der Waals surface area contributed by atoms with Gasteiger partial charge in [-0.25, -0.2) is 4.79 Å². The molecule has 2 rings (SSSR count). The number of rotatable bonds is 11. The zero-order chi connectivity index (χ0) is 24.5. The van der Waals surface area contributed by atoms with Gasteiger partial charge in [-0.1, -0.05) is 0 Å². The Labute approximate surface area is 191 Å². The number of benzene rings is 2. The molecule has 0 saturated heterocycles. The van der Waals surface area contributed by atoms with E-state index in [1.54, 1.807) is 12.1 Å². The fourth-order valence-corrected chi connectivity index (χ4v) is 3.00. The first-order chi connectivity index (χ1) is 15.7. The maximum Gasteiger partial charge on any atom is 0.339 e. The first kappa shape index (κ1) is 25.5. The van der Waals surface area contributed by atoms with Gasteiger partial charge in [0.05, 0.1) is 28.4 Å². The molecule has 0 heterocycles. The molecule has 0 bridgehead atoms. The van der Waals surface area contributed by atoms with Crippen molar-refractivity contribution >= 4 is 17.7 Å². The van der Waals surface area contributed by atoms with Crippen molar-refractivity contribution in [1.82, 2.24) is 0 Å². The second-order valence-corrected chi connectivity index (χ2v) is 6.70. The second-order valence-electron chi connectivity index (χ2n) is 6.70. The number of Topliss-reactive ketones (excluding diaryl/α,β-unsaturated/α-hetero) is 1. The van der Waals surface area contributed by atoms with Gasteiger partial charge in [0, 0.05) is 43.5 Å². The van der Waals surface area contributed by atoms with Crippen molar-refractivity contribution in [2.75, 3.05) is 28.4 Å². The maximum atomic E-state index is 13.3. The van der Waals surface area contributed by atoms with Crippen molar-refractivity contribution in [1.29, 1.82) is 0 Å². The Morgan fingerprint density at radius 3 is 1.94 bits per heavy atom. The number of carbonyl (C=O) groups is 3. The normalized spacial score (nSPS) is 11.2. The summed E-state index contributed by atoms with van der Waals surface area (Å²) in [7, 11) is 5.76. The summed E-state index contributed by atoms with van der Waals surface area (Å²) in [5.41, 5.74) is 0.547. The first-order valence-corrected chi connectivity index (χ1v) is 9.77. The van der Waals surface area contributed by atoms with Gasteiger partial charge in [0.1, 0.15) is 17.2 Å². The van der Waals surface area contributed by atoms with Crippen LogP contribution in [0.2, 0.25) is 0 Å². The molecule has 0 spiro atoms. The molecule has 0 aromatic heterocycles. The number of ketones is 1. The van der Waals surface area contributed by atoms with Crippen LogP contribution in [0.4, 0.5) is 0 Å². The van der Waals surface area contributed by atoms with Gasteiger partial charge in [-0.3, -0.25) is 14.5 Å². The van der Waals surface area contributed by atoms with Crippen molar-refractivity contribution in [2.45, 2.75) is 26.4 Å². The van der Waals surface area contributed by atoms with Crippen LogP contribution in [0.1, 0.15) is 29.8 Å². The zero-order valence-electron chi connectivity index (χ0n) is 19.3. The van der Waals surface area contributed by atoms with Gasteiger partial charge in [-0.05, 0) is 18.2 Å². The third kappa shape index (κ3) is 6.59. The summed E-state index contributed by atoms with van der Waals surface area (Å²) in [6.07, 6.45) is -1.46. The molecule has 2 aromatic carbocycles. The van der Waals surface area contributed by atoms with E-state index in [9.17, 15) is 14.4 Å². The fourth-order valence-electron chi connectivity index (χ4n) is 3.00. The van der Waals surface area contributed by atoms with Crippen LogP contribution in [0, 0.1) is 0 Å². The Bertz CT molecular complexity index is 1010. The zero-order valence-corrected chi connectivity index (χ0v) is 19.3. The van der Waals surface area contributed by atoms with Crippen molar-refractivity contribution < 1.29 is 47.8 Å². The van der Waals surface area contributed by atoms with Gasteiger partial charge < -0.3 is 23.7 Å². The summed E-state index contributed by atoms with van der Waals surface area (Å²) in [4.78, 5) is 46.2. The van der Waals surface area contributed by atoms with E-state index in [2.05, 4.69) is 4.89 Å². The summed E-state index contributed by atoms with van der Waals surface area (Å²) in [6.45, 7) is 2.37. The number of hydrogen-bond donors (Lipinski definition) is 0. The van der Waals surface area contributed by atoms with Crippen LogP contribution in [0.25, 0.3) is 0 Å². The predicted molar refractivity (Wildman–Crippen MR) is 115 cm³/mol. The first-order valence-electron chi connectivity index (χ1n) is 9.77. The van der Waals surface area contributed by atoms with Crippen LogP contribution in [-0.4, -0.2) is 52.3 Å². The smallest absolute Gasteiger partial charge is 0.339 e. The third-order valence-corrected chi connectivity index (χ3v) is 4.48. The Morgan fingerprint density at radius 2 is 1.39 bits per heavy atom. The minimum atomic E-state index is -1.30. The standard InChI is InChI=1S/C23H26O10/c1-13(24)31-20-11-16(27-3)10-19(29-5)17(20)12-22(33-32-14(2)25)23(26)15-7-8-18(28-4)21(9-15)30-6/h7-11,22H,12H2,1-6H3. The van der Waals surface area contributed by atoms with Gasteiger partial charge in [-0.2, -0.15) is 4.89 Å². The van der Waals surface area contributed by atoms with Gasteiger partial charge in [0.15, 0.2) is 23.4 Å². The molecule has 178 valence electrons. The Hall–Kier alpha value is -3.79. The SMILES string of the molecule is COc1cc(OC)c(CC(OOC(C)=O)C(=O)c2ccc(OC)c(OC)c2)c(OC(C)=O)c1. The van der Waals surface area contributed by atoms with Crippen molar-refractivity contribution in [3.8, 4) is 28.7 Å². The van der Waals surface area contributed by atoms with Crippen LogP contribution >= 0.6 is 0 Å². The van der Waals surface area contributed by atoms with E-state index in [0.717, 1.165) is 6.92 Å². The Morgan fingerprint density at radius 1 is 0.758 bits per heavy atom. The van der Waals surface area contributed by atoms with E-state index >= 15 is 0 Å². The molecule has 2 aromatic rings. The van der Waals surface area contributed by atoms with E-state index in [1.165, 1.54) is 53.6 Å². The lowest BCUT2D eigenvalue weighted by Crippen LogP contribution is -2.28. The number of hydrogen-bond acceptors (Lipinski definition) is 10. The Kier molecular flexibility index (Phi) is 9.05. The van der Waals surface area contributed by atoms with E-state index in [1.807, 2.05) is 0 Å². The number of esters is 1. The summed E-state index contributed by atoms with van der Waals surface area (Å²) >= 11 is 0. The Balaban J connectivity index is 2.51. The highest BCUT2D eigenvalue weighted by molar-refractivity contribution is 6.00. The third-order valence-electron chi connectivity index (χ3n) is 4.48. The van der Waals surface area contributed by atoms with Crippen LogP contribution in [0.5, 0.6) is 28.7 Å². The monoisotopic (exact) mass is 462 g/mol. The maximum absolute atomic E-state index is 13.3. The molecule has 0 aliphatic rings. The van der Waals surface area contributed by atoms with E-state index < -0.39 is 23.8 Å². The van der Waals surface area contributed by atoms with Crippen LogP contribution in [-0.2, 0) is 25.8 Å². The topological polar surface area (TPSA) is 116 Å². The van der Waals surface area contributed by atoms with Crippen molar-refractivity contribution in [3.05, 3.63) is 41.5 Å². The van der Waals surface area contributed by atoms with Gasteiger partial charge in [0.2, 0.25) is 0 Å². The second kappa shape index (κ2) is 11.7. The highest BCUT2D eigenvalue weighted by Gasteiger charge is 2.29. The molecule has 1 atom stereocenters. The summed E-state index contributed by atoms with van der Waals surface area (Å²) < 4.78 is 26.4. The lowest BCUT2D eigenvalue weighted by Gasteiger charge is -2.20. The average Bonchev–Trinajstić information content (AvgIpc) is 2.80. The predicted octanol–water partition coefficient (Wildman–Crippen LogP) is 2.94. The average molecular weight is 462 g/mol. The largest absolute Gasteiger partial charge is 0.496 e. The minimum Gasteiger partial charge on any atom is -0.496 e.